The molecule has 6 nitrogen and oxygen atoms in total. The Morgan fingerprint density at radius 3 is 2.35 bits per heavy atom. The van der Waals surface area contributed by atoms with Gasteiger partial charge in [-0.3, -0.25) is 14.5 Å². The predicted octanol–water partition coefficient (Wildman–Crippen LogP) is -0.345. The Balaban J connectivity index is 2.35. The molecule has 1 aliphatic heterocycles. The molecule has 0 spiro atoms. The second-order valence-corrected chi connectivity index (χ2v) is 6.07. The maximum absolute atomic E-state index is 12.1. The van der Waals surface area contributed by atoms with Gasteiger partial charge in [-0.2, -0.15) is 0 Å². The topological polar surface area (TPSA) is 64.7 Å². The minimum absolute atomic E-state index is 0.332. The van der Waals surface area contributed by atoms with Crippen molar-refractivity contribution in [2.45, 2.75) is 33.2 Å². The first-order chi connectivity index (χ1) is 9.36. The summed E-state index contributed by atoms with van der Waals surface area (Å²) in [5.41, 5.74) is -0.332. The molecule has 1 aliphatic rings. The molecule has 6 heteroatoms. The van der Waals surface area contributed by atoms with Crippen LogP contribution in [0.3, 0.4) is 0 Å². The van der Waals surface area contributed by atoms with E-state index in [9.17, 15) is 9.59 Å². The Morgan fingerprint density at radius 2 is 1.85 bits per heavy atom. The van der Waals surface area contributed by atoms with Crippen molar-refractivity contribution in [2.24, 2.45) is 0 Å². The highest BCUT2D eigenvalue weighted by molar-refractivity contribution is 6.35. The number of likely N-dealkylation sites (N-methyl/N-ethyl adjacent to an activating group) is 1. The van der Waals surface area contributed by atoms with Gasteiger partial charge < -0.3 is 15.5 Å². The van der Waals surface area contributed by atoms with Crippen LogP contribution in [-0.2, 0) is 9.59 Å². The molecule has 1 heterocycles. The SMILES string of the molecule is CCN(C(=O)C(=O)NCCN1CCNCC1)C(C)(C)C. The molecule has 0 bridgehead atoms. The number of nitrogens with zero attached hydrogens (tertiary/aromatic N) is 2. The zero-order valence-electron chi connectivity index (χ0n) is 13.2. The van der Waals surface area contributed by atoms with Gasteiger partial charge in [-0.05, 0) is 27.7 Å². The molecular formula is C14H28N4O2. The normalized spacial score (nSPS) is 16.8. The molecule has 0 atom stereocenters. The number of carbonyl (C=O) groups excluding carboxylic acids is 2. The van der Waals surface area contributed by atoms with Gasteiger partial charge in [0.05, 0.1) is 0 Å². The lowest BCUT2D eigenvalue weighted by atomic mass is 10.1. The van der Waals surface area contributed by atoms with E-state index in [1.165, 1.54) is 0 Å². The summed E-state index contributed by atoms with van der Waals surface area (Å²) in [5, 5.41) is 6.01. The van der Waals surface area contributed by atoms with Crippen LogP contribution in [0.2, 0.25) is 0 Å². The summed E-state index contributed by atoms with van der Waals surface area (Å²) in [5.74, 6) is -0.947. The van der Waals surface area contributed by atoms with Crippen LogP contribution >= 0.6 is 0 Å². The first-order valence-electron chi connectivity index (χ1n) is 7.39. The summed E-state index contributed by atoms with van der Waals surface area (Å²) >= 11 is 0. The Hall–Kier alpha value is -1.14. The van der Waals surface area contributed by atoms with Crippen LogP contribution in [-0.4, -0.2) is 73.0 Å². The quantitative estimate of drug-likeness (QED) is 0.693. The lowest BCUT2D eigenvalue weighted by Crippen LogP contribution is -2.52. The number of hydrogen-bond donors (Lipinski definition) is 2. The molecule has 20 heavy (non-hydrogen) atoms. The fraction of sp³-hybridized carbons (Fsp3) is 0.857. The molecule has 0 saturated carbocycles. The largest absolute Gasteiger partial charge is 0.347 e. The molecule has 0 unspecified atom stereocenters. The third-order valence-electron chi connectivity index (χ3n) is 3.49. The van der Waals surface area contributed by atoms with Gasteiger partial charge in [-0.1, -0.05) is 0 Å². The minimum atomic E-state index is -0.503. The number of hydrogen-bond acceptors (Lipinski definition) is 4. The molecule has 0 radical (unpaired) electrons. The van der Waals surface area contributed by atoms with Crippen molar-refractivity contribution in [1.82, 2.24) is 20.4 Å². The molecule has 1 saturated heterocycles. The van der Waals surface area contributed by atoms with E-state index in [0.29, 0.717) is 13.1 Å². The average Bonchev–Trinajstić information content (AvgIpc) is 2.38. The van der Waals surface area contributed by atoms with Gasteiger partial charge in [-0.25, -0.2) is 0 Å². The molecule has 0 aromatic rings. The molecule has 2 amide bonds. The van der Waals surface area contributed by atoms with Gasteiger partial charge >= 0.3 is 11.8 Å². The Kier molecular flexibility index (Phi) is 6.42. The van der Waals surface area contributed by atoms with E-state index >= 15 is 0 Å². The van der Waals surface area contributed by atoms with Gasteiger partial charge in [0.15, 0.2) is 0 Å². The van der Waals surface area contributed by atoms with E-state index in [-0.39, 0.29) is 5.54 Å². The Labute approximate surface area is 121 Å². The van der Waals surface area contributed by atoms with E-state index < -0.39 is 11.8 Å². The molecule has 0 aromatic heterocycles. The third-order valence-corrected chi connectivity index (χ3v) is 3.49. The number of carbonyl (C=O) groups is 2. The van der Waals surface area contributed by atoms with Gasteiger partial charge in [0.1, 0.15) is 0 Å². The van der Waals surface area contributed by atoms with Crippen LogP contribution in [0.5, 0.6) is 0 Å². The highest BCUT2D eigenvalue weighted by atomic mass is 16.2. The standard InChI is InChI=1S/C14H28N4O2/c1-5-18(14(2,3)4)13(20)12(19)16-8-11-17-9-6-15-7-10-17/h15H,5-11H2,1-4H3,(H,16,19). The Bertz CT molecular complexity index is 333. The second-order valence-electron chi connectivity index (χ2n) is 6.07. The van der Waals surface area contributed by atoms with Crippen LogP contribution in [0.1, 0.15) is 27.7 Å². The summed E-state index contributed by atoms with van der Waals surface area (Å²) < 4.78 is 0. The summed E-state index contributed by atoms with van der Waals surface area (Å²) in [7, 11) is 0. The monoisotopic (exact) mass is 284 g/mol. The number of rotatable bonds is 4. The third kappa shape index (κ3) is 5.09. The fourth-order valence-corrected chi connectivity index (χ4v) is 2.38. The number of nitrogens with one attached hydrogen (secondary N) is 2. The van der Waals surface area contributed by atoms with Crippen molar-refractivity contribution in [2.75, 3.05) is 45.8 Å². The van der Waals surface area contributed by atoms with Crippen molar-refractivity contribution < 1.29 is 9.59 Å². The minimum Gasteiger partial charge on any atom is -0.347 e. The highest BCUT2D eigenvalue weighted by Crippen LogP contribution is 2.12. The van der Waals surface area contributed by atoms with Crippen molar-refractivity contribution >= 4 is 11.8 Å². The molecular weight excluding hydrogens is 256 g/mol. The summed E-state index contributed by atoms with van der Waals surface area (Å²) in [6.07, 6.45) is 0. The van der Waals surface area contributed by atoms with E-state index in [2.05, 4.69) is 15.5 Å². The van der Waals surface area contributed by atoms with E-state index in [0.717, 1.165) is 32.7 Å². The summed E-state index contributed by atoms with van der Waals surface area (Å²) in [6, 6.07) is 0. The average molecular weight is 284 g/mol. The Morgan fingerprint density at radius 1 is 1.25 bits per heavy atom. The van der Waals surface area contributed by atoms with Crippen molar-refractivity contribution in [3.05, 3.63) is 0 Å². The summed E-state index contributed by atoms with van der Waals surface area (Å²) in [6.45, 7) is 13.5. The van der Waals surface area contributed by atoms with Gasteiger partial charge in [0.2, 0.25) is 0 Å². The maximum Gasteiger partial charge on any atom is 0.312 e. The molecule has 116 valence electrons. The van der Waals surface area contributed by atoms with Gasteiger partial charge in [0.25, 0.3) is 0 Å². The maximum atomic E-state index is 12.1. The highest BCUT2D eigenvalue weighted by Gasteiger charge is 2.29. The molecule has 0 aliphatic carbocycles. The first kappa shape index (κ1) is 16.9. The summed E-state index contributed by atoms with van der Waals surface area (Å²) in [4.78, 5) is 27.9. The van der Waals surface area contributed by atoms with Crippen LogP contribution < -0.4 is 10.6 Å². The smallest absolute Gasteiger partial charge is 0.312 e. The van der Waals surface area contributed by atoms with Crippen molar-refractivity contribution in [3.63, 3.8) is 0 Å². The van der Waals surface area contributed by atoms with Crippen molar-refractivity contribution in [3.8, 4) is 0 Å². The lowest BCUT2D eigenvalue weighted by molar-refractivity contribution is -0.149. The van der Waals surface area contributed by atoms with E-state index in [1.807, 2.05) is 27.7 Å². The second kappa shape index (κ2) is 7.59. The lowest BCUT2D eigenvalue weighted by Gasteiger charge is -2.34. The van der Waals surface area contributed by atoms with Crippen LogP contribution in [0, 0.1) is 0 Å². The number of piperazine rings is 1. The first-order valence-corrected chi connectivity index (χ1v) is 7.39. The van der Waals surface area contributed by atoms with Gasteiger partial charge in [0, 0.05) is 51.4 Å². The van der Waals surface area contributed by atoms with Crippen molar-refractivity contribution in [1.29, 1.82) is 0 Å². The number of amides is 2. The van der Waals surface area contributed by atoms with Crippen LogP contribution in [0.15, 0.2) is 0 Å². The molecule has 2 N–H and O–H groups in total. The molecule has 1 fully saturated rings. The zero-order valence-corrected chi connectivity index (χ0v) is 13.2. The zero-order chi connectivity index (χ0) is 15.2. The van der Waals surface area contributed by atoms with Gasteiger partial charge in [-0.15, -0.1) is 0 Å². The molecule has 1 rings (SSSR count). The van der Waals surface area contributed by atoms with Crippen LogP contribution in [0.25, 0.3) is 0 Å². The van der Waals surface area contributed by atoms with Crippen LogP contribution in [0.4, 0.5) is 0 Å². The molecule has 0 aromatic carbocycles. The van der Waals surface area contributed by atoms with E-state index in [4.69, 9.17) is 0 Å². The fourth-order valence-electron chi connectivity index (χ4n) is 2.38. The predicted molar refractivity (Wildman–Crippen MR) is 79.5 cm³/mol. The van der Waals surface area contributed by atoms with E-state index in [1.54, 1.807) is 4.90 Å².